The highest BCUT2D eigenvalue weighted by Gasteiger charge is 2.61. The fourth-order valence-electron chi connectivity index (χ4n) is 6.95. The minimum absolute atomic E-state index is 0.0807. The summed E-state index contributed by atoms with van der Waals surface area (Å²) in [5.74, 6) is 0.888. The summed E-state index contributed by atoms with van der Waals surface area (Å²) in [6.07, 6.45) is 5.63. The molecule has 3 aromatic carbocycles. The zero-order chi connectivity index (χ0) is 26.4. The van der Waals surface area contributed by atoms with Crippen molar-refractivity contribution >= 4 is 39.8 Å². The largest absolute Gasteiger partial charge is 0.463 e. The van der Waals surface area contributed by atoms with Crippen molar-refractivity contribution < 1.29 is 14.3 Å². The maximum absolute atomic E-state index is 14.1. The fraction of sp³-hybridized carbons (Fsp3) is 0.294. The number of carbonyl (C=O) groups is 2. The number of carbonyl (C=O) groups excluding carboxylic acids is 2. The summed E-state index contributed by atoms with van der Waals surface area (Å²) in [6, 6.07) is 22.8. The Labute approximate surface area is 223 Å². The van der Waals surface area contributed by atoms with Crippen molar-refractivity contribution in [3.63, 3.8) is 0 Å². The molecule has 7 rings (SSSR count). The van der Waals surface area contributed by atoms with E-state index in [4.69, 9.17) is 4.74 Å². The topological polar surface area (TPSA) is 46.6 Å². The third kappa shape index (κ3) is 3.09. The van der Waals surface area contributed by atoms with Crippen LogP contribution in [0.1, 0.15) is 52.5 Å². The van der Waals surface area contributed by atoms with Gasteiger partial charge in [-0.3, -0.25) is 14.5 Å². The van der Waals surface area contributed by atoms with Gasteiger partial charge >= 0.3 is 0 Å². The minimum Gasteiger partial charge on any atom is -0.463 e. The molecule has 1 fully saturated rings. The van der Waals surface area contributed by atoms with E-state index in [0.29, 0.717) is 36.2 Å². The van der Waals surface area contributed by atoms with Crippen LogP contribution in [0.5, 0.6) is 0 Å². The van der Waals surface area contributed by atoms with Crippen molar-refractivity contribution in [2.75, 3.05) is 4.90 Å². The predicted octanol–water partition coefficient (Wildman–Crippen LogP) is 7.67. The fourth-order valence-corrected chi connectivity index (χ4v) is 6.95. The summed E-state index contributed by atoms with van der Waals surface area (Å²) in [6.45, 7) is 8.42. The first-order valence-electron chi connectivity index (χ1n) is 13.4. The SMILES string of the molecule is CC1(C)CC(=O)C2=C(C1)OC13C(=Cc4c(ccc5ccccc45)N1c1ccccc1)C(=O)CC(C)(C)C3=C2. The van der Waals surface area contributed by atoms with Crippen LogP contribution < -0.4 is 4.90 Å². The summed E-state index contributed by atoms with van der Waals surface area (Å²) in [5.41, 5.74) is 3.34. The third-order valence-electron chi connectivity index (χ3n) is 8.61. The Kier molecular flexibility index (Phi) is 4.62. The van der Waals surface area contributed by atoms with Gasteiger partial charge in [-0.2, -0.15) is 0 Å². The average Bonchev–Trinajstić information content (AvgIpc) is 2.86. The van der Waals surface area contributed by atoms with Crippen LogP contribution in [0.15, 0.2) is 95.3 Å². The molecule has 3 aromatic rings. The number of benzene rings is 3. The van der Waals surface area contributed by atoms with Crippen molar-refractivity contribution in [3.05, 3.63) is 101 Å². The number of hydrogen-bond acceptors (Lipinski definition) is 4. The van der Waals surface area contributed by atoms with E-state index in [1.807, 2.05) is 30.3 Å². The molecule has 0 N–H and O–H groups in total. The van der Waals surface area contributed by atoms with Gasteiger partial charge < -0.3 is 4.74 Å². The van der Waals surface area contributed by atoms with E-state index in [2.05, 4.69) is 81.1 Å². The van der Waals surface area contributed by atoms with E-state index < -0.39 is 11.1 Å². The second kappa shape index (κ2) is 7.57. The van der Waals surface area contributed by atoms with E-state index in [-0.39, 0.29) is 17.0 Å². The number of rotatable bonds is 1. The lowest BCUT2D eigenvalue weighted by molar-refractivity contribution is -0.122. The van der Waals surface area contributed by atoms with Crippen LogP contribution >= 0.6 is 0 Å². The van der Waals surface area contributed by atoms with Gasteiger partial charge in [-0.05, 0) is 52.0 Å². The van der Waals surface area contributed by atoms with E-state index >= 15 is 0 Å². The lowest BCUT2D eigenvalue weighted by Crippen LogP contribution is -2.61. The Hall–Kier alpha value is -3.92. The molecule has 2 aliphatic heterocycles. The molecule has 0 saturated heterocycles. The summed E-state index contributed by atoms with van der Waals surface area (Å²) in [4.78, 5) is 29.7. The summed E-state index contributed by atoms with van der Waals surface area (Å²) in [7, 11) is 0. The second-order valence-electron chi connectivity index (χ2n) is 12.5. The number of para-hydroxylation sites is 1. The van der Waals surface area contributed by atoms with Gasteiger partial charge in [0, 0.05) is 36.1 Å². The van der Waals surface area contributed by atoms with Gasteiger partial charge in [0.1, 0.15) is 5.76 Å². The molecule has 1 spiro atoms. The lowest BCUT2D eigenvalue weighted by atomic mass is 9.62. The van der Waals surface area contributed by atoms with Gasteiger partial charge in [-0.25, -0.2) is 0 Å². The molecule has 2 aliphatic carbocycles. The normalized spacial score (nSPS) is 25.0. The molecule has 1 atom stereocenters. The highest BCUT2D eigenvalue weighted by atomic mass is 16.5. The first-order valence-corrected chi connectivity index (χ1v) is 13.4. The molecule has 0 amide bonds. The molecule has 190 valence electrons. The number of allylic oxidation sites excluding steroid dienone is 3. The molecular weight excluding hydrogens is 470 g/mol. The molecule has 2 heterocycles. The quantitative estimate of drug-likeness (QED) is 0.343. The average molecular weight is 502 g/mol. The molecule has 0 bridgehead atoms. The van der Waals surface area contributed by atoms with Crippen molar-refractivity contribution in [3.8, 4) is 0 Å². The van der Waals surface area contributed by atoms with Gasteiger partial charge in [0.25, 0.3) is 0 Å². The molecule has 4 aliphatic rings. The molecule has 38 heavy (non-hydrogen) atoms. The molecule has 0 aromatic heterocycles. The lowest BCUT2D eigenvalue weighted by Gasteiger charge is -2.57. The second-order valence-corrected chi connectivity index (χ2v) is 12.5. The molecule has 1 saturated carbocycles. The highest BCUT2D eigenvalue weighted by molar-refractivity contribution is 6.12. The van der Waals surface area contributed by atoms with Gasteiger partial charge in [0.2, 0.25) is 5.72 Å². The number of Topliss-reactive ketones (excluding diaryl/α,β-unsaturated/α-hetero) is 2. The maximum atomic E-state index is 14.1. The number of ketones is 2. The summed E-state index contributed by atoms with van der Waals surface area (Å²) in [5, 5.41) is 2.22. The molecule has 1 unspecified atom stereocenters. The zero-order valence-electron chi connectivity index (χ0n) is 22.3. The number of fused-ring (bicyclic) bond motifs is 3. The minimum atomic E-state index is -1.16. The number of anilines is 2. The first kappa shape index (κ1) is 23.2. The van der Waals surface area contributed by atoms with Gasteiger partial charge in [-0.15, -0.1) is 0 Å². The van der Waals surface area contributed by atoms with Crippen LogP contribution in [0, 0.1) is 10.8 Å². The Morgan fingerprint density at radius 2 is 1.50 bits per heavy atom. The molecular formula is C34H31NO3. The molecule has 0 radical (unpaired) electrons. The van der Waals surface area contributed by atoms with Crippen LogP contribution in [-0.2, 0) is 14.3 Å². The van der Waals surface area contributed by atoms with Gasteiger partial charge in [0.15, 0.2) is 11.6 Å². The zero-order valence-corrected chi connectivity index (χ0v) is 22.3. The summed E-state index contributed by atoms with van der Waals surface area (Å²) >= 11 is 0. The van der Waals surface area contributed by atoms with Crippen LogP contribution in [-0.4, -0.2) is 17.3 Å². The van der Waals surface area contributed by atoms with E-state index in [9.17, 15) is 9.59 Å². The Balaban J connectivity index is 1.59. The van der Waals surface area contributed by atoms with Crippen LogP contribution in [0.4, 0.5) is 11.4 Å². The van der Waals surface area contributed by atoms with E-state index in [1.165, 1.54) is 0 Å². The van der Waals surface area contributed by atoms with E-state index in [1.54, 1.807) is 0 Å². The Bertz CT molecular complexity index is 1650. The molecule has 4 heteroatoms. The smallest absolute Gasteiger partial charge is 0.239 e. The van der Waals surface area contributed by atoms with E-state index in [0.717, 1.165) is 33.3 Å². The van der Waals surface area contributed by atoms with Crippen LogP contribution in [0.25, 0.3) is 16.8 Å². The monoisotopic (exact) mass is 501 g/mol. The standard InChI is InChI=1S/C34H31NO3/c1-32(2)18-28(36)25-17-31-33(3,4)19-29(37)26-16-24-23-13-9-8-10-21(23)14-15-27(24)35(22-11-6-5-7-12-22)34(26,31)38-30(25)20-32/h5-17H,18-20H2,1-4H3. The first-order chi connectivity index (χ1) is 18.1. The predicted molar refractivity (Wildman–Crippen MR) is 151 cm³/mol. The Morgan fingerprint density at radius 3 is 2.29 bits per heavy atom. The van der Waals surface area contributed by atoms with Crippen LogP contribution in [0.3, 0.4) is 0 Å². The Morgan fingerprint density at radius 1 is 0.763 bits per heavy atom. The maximum Gasteiger partial charge on any atom is 0.239 e. The highest BCUT2D eigenvalue weighted by Crippen LogP contribution is 2.61. The number of ether oxygens (including phenoxy) is 1. The number of hydrogen-bond donors (Lipinski definition) is 0. The van der Waals surface area contributed by atoms with Crippen molar-refractivity contribution in [1.82, 2.24) is 0 Å². The van der Waals surface area contributed by atoms with Crippen molar-refractivity contribution in [1.29, 1.82) is 0 Å². The molecule has 4 nitrogen and oxygen atoms in total. The van der Waals surface area contributed by atoms with Gasteiger partial charge in [0.05, 0.1) is 16.8 Å². The number of nitrogens with zero attached hydrogens (tertiary/aromatic N) is 1. The van der Waals surface area contributed by atoms with Crippen molar-refractivity contribution in [2.24, 2.45) is 10.8 Å². The van der Waals surface area contributed by atoms with Crippen molar-refractivity contribution in [2.45, 2.75) is 52.7 Å². The van der Waals surface area contributed by atoms with Crippen LogP contribution in [0.2, 0.25) is 0 Å². The third-order valence-corrected chi connectivity index (χ3v) is 8.61. The van der Waals surface area contributed by atoms with Gasteiger partial charge in [-0.1, -0.05) is 76.2 Å². The summed E-state index contributed by atoms with van der Waals surface area (Å²) < 4.78 is 7.16.